The summed E-state index contributed by atoms with van der Waals surface area (Å²) in [6.45, 7) is 1.62. The molecule has 1 heterocycles. The van der Waals surface area contributed by atoms with Crippen LogP contribution in [-0.2, 0) is 11.8 Å². The number of aryl methyl sites for hydroxylation is 2. The first-order chi connectivity index (χ1) is 9.00. The van der Waals surface area contributed by atoms with Gasteiger partial charge in [-0.25, -0.2) is 4.79 Å². The standard InChI is InChI=1S/C13H19N3O3/c1-8-10(13(18)19)11(16(2)15-8)14-12(17)9-6-4-3-5-7-9/h9H,3-7H2,1-2H3,(H,14,17)(H,18,19). The van der Waals surface area contributed by atoms with Crippen LogP contribution in [-0.4, -0.2) is 26.8 Å². The summed E-state index contributed by atoms with van der Waals surface area (Å²) in [6.07, 6.45) is 5.06. The van der Waals surface area contributed by atoms with E-state index in [1.807, 2.05) is 0 Å². The van der Waals surface area contributed by atoms with Crippen LogP contribution in [0.3, 0.4) is 0 Å². The van der Waals surface area contributed by atoms with E-state index in [1.165, 1.54) is 11.1 Å². The monoisotopic (exact) mass is 265 g/mol. The fraction of sp³-hybridized carbons (Fsp3) is 0.615. The number of carboxylic acid groups (broad SMARTS) is 1. The number of aromatic nitrogens is 2. The Hall–Kier alpha value is -1.85. The maximum atomic E-state index is 12.2. The molecule has 1 saturated carbocycles. The van der Waals surface area contributed by atoms with Crippen molar-refractivity contribution in [1.29, 1.82) is 0 Å². The molecular formula is C13H19N3O3. The number of carboxylic acids is 1. The first kappa shape index (κ1) is 13.6. The Morgan fingerprint density at radius 1 is 1.32 bits per heavy atom. The zero-order chi connectivity index (χ0) is 14.0. The van der Waals surface area contributed by atoms with Crippen molar-refractivity contribution >= 4 is 17.7 Å². The Morgan fingerprint density at radius 2 is 1.95 bits per heavy atom. The van der Waals surface area contributed by atoms with E-state index in [-0.39, 0.29) is 23.2 Å². The first-order valence-electron chi connectivity index (χ1n) is 6.58. The van der Waals surface area contributed by atoms with Crippen LogP contribution >= 0.6 is 0 Å². The van der Waals surface area contributed by atoms with Crippen LogP contribution in [0.25, 0.3) is 0 Å². The number of amides is 1. The molecule has 0 saturated heterocycles. The summed E-state index contributed by atoms with van der Waals surface area (Å²) in [6, 6.07) is 0. The minimum atomic E-state index is -1.07. The number of nitrogens with one attached hydrogen (secondary N) is 1. The average Bonchev–Trinajstić information content (AvgIpc) is 2.65. The van der Waals surface area contributed by atoms with Gasteiger partial charge in [-0.05, 0) is 19.8 Å². The molecule has 1 aliphatic carbocycles. The Balaban J connectivity index is 2.18. The van der Waals surface area contributed by atoms with Gasteiger partial charge in [-0.2, -0.15) is 5.10 Å². The van der Waals surface area contributed by atoms with Crippen molar-refractivity contribution < 1.29 is 14.7 Å². The highest BCUT2D eigenvalue weighted by atomic mass is 16.4. The molecule has 0 aromatic carbocycles. The predicted octanol–water partition coefficient (Wildman–Crippen LogP) is 1.95. The Kier molecular flexibility index (Phi) is 3.87. The number of hydrogen-bond donors (Lipinski definition) is 2. The van der Waals surface area contributed by atoms with Crippen molar-refractivity contribution in [3.8, 4) is 0 Å². The van der Waals surface area contributed by atoms with E-state index in [4.69, 9.17) is 0 Å². The summed E-state index contributed by atoms with van der Waals surface area (Å²) in [5, 5.41) is 16.0. The lowest BCUT2D eigenvalue weighted by Crippen LogP contribution is -2.26. The summed E-state index contributed by atoms with van der Waals surface area (Å²) in [5.41, 5.74) is 0.487. The lowest BCUT2D eigenvalue weighted by Gasteiger charge is -2.20. The molecule has 104 valence electrons. The number of hydrogen-bond acceptors (Lipinski definition) is 3. The zero-order valence-electron chi connectivity index (χ0n) is 11.3. The third-order valence-corrected chi connectivity index (χ3v) is 3.65. The normalized spacial score (nSPS) is 16.3. The van der Waals surface area contributed by atoms with Crippen LogP contribution in [0.5, 0.6) is 0 Å². The molecule has 6 nitrogen and oxygen atoms in total. The van der Waals surface area contributed by atoms with E-state index in [1.54, 1.807) is 14.0 Å². The Morgan fingerprint density at radius 3 is 2.53 bits per heavy atom. The Bertz CT molecular complexity index is 501. The molecular weight excluding hydrogens is 246 g/mol. The SMILES string of the molecule is Cc1nn(C)c(NC(=O)C2CCCCC2)c1C(=O)O. The van der Waals surface area contributed by atoms with Gasteiger partial charge in [0.1, 0.15) is 11.4 Å². The number of nitrogens with zero attached hydrogens (tertiary/aromatic N) is 2. The van der Waals surface area contributed by atoms with E-state index < -0.39 is 5.97 Å². The summed E-state index contributed by atoms with van der Waals surface area (Å²) >= 11 is 0. The molecule has 2 rings (SSSR count). The van der Waals surface area contributed by atoms with E-state index in [2.05, 4.69) is 10.4 Å². The summed E-state index contributed by atoms with van der Waals surface area (Å²) < 4.78 is 1.42. The van der Waals surface area contributed by atoms with E-state index in [0.717, 1.165) is 25.7 Å². The maximum Gasteiger partial charge on any atom is 0.341 e. The quantitative estimate of drug-likeness (QED) is 0.874. The van der Waals surface area contributed by atoms with Crippen molar-refractivity contribution in [3.05, 3.63) is 11.3 Å². The summed E-state index contributed by atoms with van der Waals surface area (Å²) in [7, 11) is 1.63. The van der Waals surface area contributed by atoms with Crippen LogP contribution in [0.1, 0.15) is 48.2 Å². The molecule has 1 aromatic rings. The van der Waals surface area contributed by atoms with Gasteiger partial charge in [0.05, 0.1) is 5.69 Å². The first-order valence-corrected chi connectivity index (χ1v) is 6.58. The molecule has 0 radical (unpaired) electrons. The molecule has 0 aliphatic heterocycles. The van der Waals surface area contributed by atoms with Crippen molar-refractivity contribution in [1.82, 2.24) is 9.78 Å². The topological polar surface area (TPSA) is 84.2 Å². The van der Waals surface area contributed by atoms with E-state index in [9.17, 15) is 14.7 Å². The zero-order valence-corrected chi connectivity index (χ0v) is 11.3. The van der Waals surface area contributed by atoms with Gasteiger partial charge in [0.2, 0.25) is 5.91 Å². The van der Waals surface area contributed by atoms with Crippen LogP contribution in [0.15, 0.2) is 0 Å². The van der Waals surface area contributed by atoms with Gasteiger partial charge in [-0.15, -0.1) is 0 Å². The van der Waals surface area contributed by atoms with Gasteiger partial charge in [0.25, 0.3) is 0 Å². The lowest BCUT2D eigenvalue weighted by molar-refractivity contribution is -0.120. The van der Waals surface area contributed by atoms with Crippen molar-refractivity contribution in [3.63, 3.8) is 0 Å². The highest BCUT2D eigenvalue weighted by Crippen LogP contribution is 2.26. The van der Waals surface area contributed by atoms with Crippen LogP contribution in [0, 0.1) is 12.8 Å². The molecule has 0 bridgehead atoms. The van der Waals surface area contributed by atoms with Gasteiger partial charge in [-0.3, -0.25) is 9.48 Å². The Labute approximate surface area is 111 Å². The second kappa shape index (κ2) is 5.42. The van der Waals surface area contributed by atoms with Crippen molar-refractivity contribution in [2.45, 2.75) is 39.0 Å². The molecule has 0 spiro atoms. The molecule has 1 amide bonds. The third kappa shape index (κ3) is 2.77. The highest BCUT2D eigenvalue weighted by Gasteiger charge is 2.25. The van der Waals surface area contributed by atoms with Gasteiger partial charge in [-0.1, -0.05) is 19.3 Å². The highest BCUT2D eigenvalue weighted by molar-refractivity contribution is 6.00. The van der Waals surface area contributed by atoms with Crippen molar-refractivity contribution in [2.75, 3.05) is 5.32 Å². The largest absolute Gasteiger partial charge is 0.477 e. The molecule has 1 aliphatic rings. The van der Waals surface area contributed by atoms with Gasteiger partial charge >= 0.3 is 5.97 Å². The third-order valence-electron chi connectivity index (χ3n) is 3.65. The second-order valence-electron chi connectivity index (χ2n) is 5.06. The lowest BCUT2D eigenvalue weighted by atomic mass is 9.88. The molecule has 0 atom stereocenters. The second-order valence-corrected chi connectivity index (χ2v) is 5.06. The van der Waals surface area contributed by atoms with E-state index in [0.29, 0.717) is 5.69 Å². The molecule has 19 heavy (non-hydrogen) atoms. The minimum absolute atomic E-state index is 0.00870. The molecule has 1 fully saturated rings. The smallest absolute Gasteiger partial charge is 0.341 e. The average molecular weight is 265 g/mol. The summed E-state index contributed by atoms with van der Waals surface area (Å²) in [5.74, 6) is -0.888. The molecule has 2 N–H and O–H groups in total. The predicted molar refractivity (Wildman–Crippen MR) is 70.1 cm³/mol. The number of aromatic carboxylic acids is 1. The van der Waals surface area contributed by atoms with Gasteiger partial charge < -0.3 is 10.4 Å². The van der Waals surface area contributed by atoms with Crippen LogP contribution in [0.2, 0.25) is 0 Å². The van der Waals surface area contributed by atoms with Gasteiger partial charge in [0.15, 0.2) is 0 Å². The van der Waals surface area contributed by atoms with Crippen LogP contribution < -0.4 is 5.32 Å². The number of anilines is 1. The van der Waals surface area contributed by atoms with Crippen LogP contribution in [0.4, 0.5) is 5.82 Å². The fourth-order valence-corrected chi connectivity index (χ4v) is 2.64. The summed E-state index contributed by atoms with van der Waals surface area (Å²) in [4.78, 5) is 23.4. The fourth-order valence-electron chi connectivity index (χ4n) is 2.64. The maximum absolute atomic E-state index is 12.2. The molecule has 1 aromatic heterocycles. The number of carbonyl (C=O) groups is 2. The van der Waals surface area contributed by atoms with E-state index >= 15 is 0 Å². The number of rotatable bonds is 3. The number of carbonyl (C=O) groups excluding carboxylic acids is 1. The molecule has 6 heteroatoms. The molecule has 0 unspecified atom stereocenters. The van der Waals surface area contributed by atoms with Gasteiger partial charge in [0, 0.05) is 13.0 Å². The minimum Gasteiger partial charge on any atom is -0.477 e. The van der Waals surface area contributed by atoms with Crippen molar-refractivity contribution in [2.24, 2.45) is 13.0 Å².